The van der Waals surface area contributed by atoms with Crippen molar-refractivity contribution >= 4 is 22.6 Å². The van der Waals surface area contributed by atoms with E-state index in [0.29, 0.717) is 25.2 Å². The number of para-hydroxylation sites is 1. The van der Waals surface area contributed by atoms with Crippen molar-refractivity contribution in [2.45, 2.75) is 52.4 Å². The Hall–Kier alpha value is -3.68. The quantitative estimate of drug-likeness (QED) is 0.405. The number of nitrogens with one attached hydrogen (secondary N) is 2. The number of hydrogen-bond acceptors (Lipinski definition) is 5. The van der Waals surface area contributed by atoms with Gasteiger partial charge in [-0.3, -0.25) is 4.79 Å². The summed E-state index contributed by atoms with van der Waals surface area (Å²) in [5.41, 5.74) is 5.38. The molecule has 0 aliphatic carbocycles. The standard InChI is InChI=1S/C27H33N7O/c1-19-22(10-13-27(35)28-15-14-21-18-29-24-9-5-4-8-23(21)24)20(2)34(32-19)26-12-11-25(30-31-26)33-16-6-3-7-17-33/h4-5,8-9,11-12,18,29H,3,6-7,10,13-17H2,1-2H3,(H,28,35). The molecule has 182 valence electrons. The van der Waals surface area contributed by atoms with Gasteiger partial charge >= 0.3 is 0 Å². The average Bonchev–Trinajstić information content (AvgIpc) is 3.43. The molecule has 4 heterocycles. The maximum absolute atomic E-state index is 12.5. The van der Waals surface area contributed by atoms with E-state index in [-0.39, 0.29) is 5.91 Å². The van der Waals surface area contributed by atoms with Crippen molar-refractivity contribution < 1.29 is 4.79 Å². The number of aromatic nitrogens is 5. The van der Waals surface area contributed by atoms with Gasteiger partial charge in [-0.05, 0) is 75.3 Å². The first-order chi connectivity index (χ1) is 17.1. The van der Waals surface area contributed by atoms with Crippen molar-refractivity contribution in [2.75, 3.05) is 24.5 Å². The van der Waals surface area contributed by atoms with Crippen LogP contribution in [0.4, 0.5) is 5.82 Å². The number of fused-ring (bicyclic) bond motifs is 1. The maximum atomic E-state index is 12.5. The second-order valence-corrected chi connectivity index (χ2v) is 9.32. The van der Waals surface area contributed by atoms with Crippen molar-refractivity contribution in [1.29, 1.82) is 0 Å². The molecule has 0 radical (unpaired) electrons. The molecule has 1 amide bonds. The lowest BCUT2D eigenvalue weighted by Crippen LogP contribution is -2.30. The summed E-state index contributed by atoms with van der Waals surface area (Å²) in [5.74, 6) is 1.70. The van der Waals surface area contributed by atoms with Gasteiger partial charge in [-0.25, -0.2) is 4.68 Å². The number of aryl methyl sites for hydroxylation is 1. The predicted molar refractivity (Wildman–Crippen MR) is 138 cm³/mol. The Kier molecular flexibility index (Phi) is 6.79. The van der Waals surface area contributed by atoms with Crippen LogP contribution in [0, 0.1) is 13.8 Å². The highest BCUT2D eigenvalue weighted by Gasteiger charge is 2.17. The molecule has 3 aromatic heterocycles. The summed E-state index contributed by atoms with van der Waals surface area (Å²) in [4.78, 5) is 18.1. The molecule has 1 saturated heterocycles. The highest BCUT2D eigenvalue weighted by molar-refractivity contribution is 5.83. The van der Waals surface area contributed by atoms with E-state index in [1.54, 1.807) is 0 Å². The fourth-order valence-corrected chi connectivity index (χ4v) is 4.98. The van der Waals surface area contributed by atoms with Gasteiger partial charge in [0, 0.05) is 48.8 Å². The third-order valence-corrected chi connectivity index (χ3v) is 6.97. The van der Waals surface area contributed by atoms with Gasteiger partial charge in [-0.1, -0.05) is 18.2 Å². The highest BCUT2D eigenvalue weighted by Crippen LogP contribution is 2.21. The number of nitrogens with zero attached hydrogens (tertiary/aromatic N) is 5. The van der Waals surface area contributed by atoms with Crippen molar-refractivity contribution in [3.8, 4) is 5.82 Å². The van der Waals surface area contributed by atoms with Crippen LogP contribution in [0.5, 0.6) is 0 Å². The Morgan fingerprint density at radius 3 is 2.57 bits per heavy atom. The Morgan fingerprint density at radius 1 is 1.00 bits per heavy atom. The van der Waals surface area contributed by atoms with E-state index in [1.807, 2.05) is 49.0 Å². The number of benzene rings is 1. The molecule has 4 aromatic rings. The number of H-pyrrole nitrogens is 1. The summed E-state index contributed by atoms with van der Waals surface area (Å²) in [6, 6.07) is 12.3. The fraction of sp³-hybridized carbons (Fsp3) is 0.407. The minimum Gasteiger partial charge on any atom is -0.361 e. The zero-order chi connectivity index (χ0) is 24.2. The Balaban J connectivity index is 1.16. The Labute approximate surface area is 205 Å². The number of amides is 1. The zero-order valence-corrected chi connectivity index (χ0v) is 20.5. The lowest BCUT2D eigenvalue weighted by molar-refractivity contribution is -0.121. The lowest BCUT2D eigenvalue weighted by atomic mass is 10.1. The minimum absolute atomic E-state index is 0.0575. The monoisotopic (exact) mass is 471 g/mol. The normalized spacial score (nSPS) is 13.9. The molecule has 1 aromatic carbocycles. The summed E-state index contributed by atoms with van der Waals surface area (Å²) in [6.07, 6.45) is 7.62. The number of carbonyl (C=O) groups is 1. The van der Waals surface area contributed by atoms with E-state index >= 15 is 0 Å². The number of anilines is 1. The summed E-state index contributed by atoms with van der Waals surface area (Å²) < 4.78 is 1.84. The summed E-state index contributed by atoms with van der Waals surface area (Å²) in [5, 5.41) is 17.9. The molecular formula is C27H33N7O. The number of hydrogen-bond donors (Lipinski definition) is 2. The van der Waals surface area contributed by atoms with E-state index in [9.17, 15) is 4.79 Å². The molecule has 1 aliphatic heterocycles. The van der Waals surface area contributed by atoms with E-state index in [4.69, 9.17) is 5.10 Å². The van der Waals surface area contributed by atoms with Gasteiger partial charge in [0.05, 0.1) is 5.69 Å². The van der Waals surface area contributed by atoms with Gasteiger partial charge in [0.2, 0.25) is 5.91 Å². The van der Waals surface area contributed by atoms with Crippen LogP contribution in [-0.2, 0) is 17.6 Å². The fourth-order valence-electron chi connectivity index (χ4n) is 4.98. The van der Waals surface area contributed by atoms with E-state index in [0.717, 1.165) is 47.8 Å². The van der Waals surface area contributed by atoms with Gasteiger partial charge in [-0.2, -0.15) is 5.10 Å². The molecular weight excluding hydrogens is 438 g/mol. The summed E-state index contributed by atoms with van der Waals surface area (Å²) in [7, 11) is 0. The first kappa shape index (κ1) is 23.1. The van der Waals surface area contributed by atoms with Gasteiger partial charge in [0.1, 0.15) is 0 Å². The molecule has 0 bridgehead atoms. The lowest BCUT2D eigenvalue weighted by Gasteiger charge is -2.27. The molecule has 1 aliphatic rings. The van der Waals surface area contributed by atoms with Crippen LogP contribution < -0.4 is 10.2 Å². The average molecular weight is 472 g/mol. The third-order valence-electron chi connectivity index (χ3n) is 6.97. The number of piperidine rings is 1. The Morgan fingerprint density at radius 2 is 1.77 bits per heavy atom. The molecule has 0 unspecified atom stereocenters. The van der Waals surface area contributed by atoms with Crippen molar-refractivity contribution in [1.82, 2.24) is 30.3 Å². The maximum Gasteiger partial charge on any atom is 0.220 e. The van der Waals surface area contributed by atoms with Crippen LogP contribution in [0.25, 0.3) is 16.7 Å². The largest absolute Gasteiger partial charge is 0.361 e. The first-order valence-corrected chi connectivity index (χ1v) is 12.6. The van der Waals surface area contributed by atoms with Crippen LogP contribution in [0.15, 0.2) is 42.6 Å². The Bertz CT molecular complexity index is 1300. The van der Waals surface area contributed by atoms with Crippen LogP contribution in [0.1, 0.15) is 48.2 Å². The number of rotatable bonds is 8. The third kappa shape index (κ3) is 5.06. The summed E-state index contributed by atoms with van der Waals surface area (Å²) >= 11 is 0. The number of carbonyl (C=O) groups excluding carboxylic acids is 1. The zero-order valence-electron chi connectivity index (χ0n) is 20.5. The van der Waals surface area contributed by atoms with Crippen LogP contribution in [-0.4, -0.2) is 50.5 Å². The minimum atomic E-state index is 0.0575. The first-order valence-electron chi connectivity index (χ1n) is 12.6. The topological polar surface area (TPSA) is 91.7 Å². The molecule has 2 N–H and O–H groups in total. The van der Waals surface area contributed by atoms with Crippen molar-refractivity contribution in [2.24, 2.45) is 0 Å². The number of aromatic amines is 1. The van der Waals surface area contributed by atoms with E-state index < -0.39 is 0 Å². The summed E-state index contributed by atoms with van der Waals surface area (Å²) in [6.45, 7) is 6.73. The van der Waals surface area contributed by atoms with Crippen LogP contribution >= 0.6 is 0 Å². The van der Waals surface area contributed by atoms with Gasteiger partial charge in [0.15, 0.2) is 11.6 Å². The van der Waals surface area contributed by atoms with Crippen LogP contribution in [0.2, 0.25) is 0 Å². The second kappa shape index (κ2) is 10.3. The molecule has 35 heavy (non-hydrogen) atoms. The van der Waals surface area contributed by atoms with Gasteiger partial charge in [0.25, 0.3) is 0 Å². The van der Waals surface area contributed by atoms with Gasteiger partial charge < -0.3 is 15.2 Å². The van der Waals surface area contributed by atoms with Gasteiger partial charge in [-0.15, -0.1) is 10.2 Å². The van der Waals surface area contributed by atoms with Crippen molar-refractivity contribution in [3.05, 3.63) is 65.1 Å². The molecule has 8 nitrogen and oxygen atoms in total. The smallest absolute Gasteiger partial charge is 0.220 e. The molecule has 0 saturated carbocycles. The van der Waals surface area contributed by atoms with E-state index in [2.05, 4.69) is 37.5 Å². The van der Waals surface area contributed by atoms with E-state index in [1.165, 1.54) is 30.2 Å². The highest BCUT2D eigenvalue weighted by atomic mass is 16.1. The molecule has 1 fully saturated rings. The molecule has 5 rings (SSSR count). The molecule has 8 heteroatoms. The second-order valence-electron chi connectivity index (χ2n) is 9.32. The van der Waals surface area contributed by atoms with Crippen molar-refractivity contribution in [3.63, 3.8) is 0 Å². The predicted octanol–water partition coefficient (Wildman–Crippen LogP) is 4.04. The van der Waals surface area contributed by atoms with Crippen LogP contribution in [0.3, 0.4) is 0 Å². The molecule has 0 atom stereocenters. The molecule has 0 spiro atoms. The SMILES string of the molecule is Cc1nn(-c2ccc(N3CCCCC3)nn2)c(C)c1CCC(=O)NCCc1c[nH]c2ccccc12.